The molecule has 0 bridgehead atoms. The summed E-state index contributed by atoms with van der Waals surface area (Å²) in [5.74, 6) is -2.11. The average molecular weight is 469 g/mol. The van der Waals surface area contributed by atoms with Crippen LogP contribution >= 0.6 is 35.0 Å². The molecule has 1 atom stereocenters. The monoisotopic (exact) mass is 468 g/mol. The summed E-state index contributed by atoms with van der Waals surface area (Å²) in [6, 6.07) is 5.35. The summed E-state index contributed by atoms with van der Waals surface area (Å²) in [7, 11) is -4.19. The van der Waals surface area contributed by atoms with Crippen LogP contribution in [0.5, 0.6) is 0 Å². The van der Waals surface area contributed by atoms with Gasteiger partial charge in [0.05, 0.1) is 10.7 Å². The van der Waals surface area contributed by atoms with E-state index in [1.54, 1.807) is 6.26 Å². The van der Waals surface area contributed by atoms with E-state index in [-0.39, 0.29) is 27.0 Å². The Labute approximate surface area is 175 Å². The first-order valence-electron chi connectivity index (χ1n) is 7.86. The summed E-state index contributed by atoms with van der Waals surface area (Å²) in [4.78, 5) is 12.3. The number of amides is 1. The molecule has 0 aromatic heterocycles. The molecule has 5 nitrogen and oxygen atoms in total. The van der Waals surface area contributed by atoms with E-state index in [0.717, 1.165) is 18.2 Å². The standard InChI is InChI=1S/C17H16Cl2F2N2O3S2/c1-27-7-6-15(17(24)22-14-5-3-11(20)9-13(14)21)23-28(25,26)16-8-10(18)2-4-12(16)19/h2-5,8-9,15,23H,6-7H2,1H3,(H,22,24). The summed E-state index contributed by atoms with van der Waals surface area (Å²) >= 11 is 13.2. The first-order valence-corrected chi connectivity index (χ1v) is 11.5. The van der Waals surface area contributed by atoms with E-state index >= 15 is 0 Å². The van der Waals surface area contributed by atoms with Crippen molar-refractivity contribution in [2.45, 2.75) is 17.4 Å². The van der Waals surface area contributed by atoms with E-state index in [1.165, 1.54) is 23.9 Å². The predicted molar refractivity (Wildman–Crippen MR) is 109 cm³/mol. The lowest BCUT2D eigenvalue weighted by molar-refractivity contribution is -0.117. The molecule has 11 heteroatoms. The fraction of sp³-hybridized carbons (Fsp3) is 0.235. The predicted octanol–water partition coefficient (Wildman–Crippen LogP) is 4.31. The van der Waals surface area contributed by atoms with Crippen LogP contribution in [0.25, 0.3) is 0 Å². The van der Waals surface area contributed by atoms with Gasteiger partial charge in [-0.2, -0.15) is 16.5 Å². The molecule has 152 valence electrons. The number of hydrogen-bond acceptors (Lipinski definition) is 4. The number of sulfonamides is 1. The molecule has 0 saturated carbocycles. The van der Waals surface area contributed by atoms with E-state index in [9.17, 15) is 22.0 Å². The van der Waals surface area contributed by atoms with Crippen LogP contribution in [0.1, 0.15) is 6.42 Å². The van der Waals surface area contributed by atoms with Crippen molar-refractivity contribution in [2.24, 2.45) is 0 Å². The minimum absolute atomic E-state index is 0.0643. The van der Waals surface area contributed by atoms with Gasteiger partial charge in [0, 0.05) is 11.1 Å². The molecule has 28 heavy (non-hydrogen) atoms. The molecule has 2 aromatic carbocycles. The highest BCUT2D eigenvalue weighted by Crippen LogP contribution is 2.25. The van der Waals surface area contributed by atoms with Crippen LogP contribution in [0, 0.1) is 11.6 Å². The third kappa shape index (κ3) is 6.05. The lowest BCUT2D eigenvalue weighted by Gasteiger charge is -2.19. The van der Waals surface area contributed by atoms with E-state index in [0.29, 0.717) is 11.8 Å². The first-order chi connectivity index (χ1) is 13.1. The molecule has 0 saturated heterocycles. The van der Waals surface area contributed by atoms with Gasteiger partial charge in [-0.1, -0.05) is 23.2 Å². The third-order valence-corrected chi connectivity index (χ3v) is 6.43. The van der Waals surface area contributed by atoms with Gasteiger partial charge in [0.15, 0.2) is 0 Å². The van der Waals surface area contributed by atoms with Crippen LogP contribution in [0.4, 0.5) is 14.5 Å². The molecule has 2 rings (SSSR count). The smallest absolute Gasteiger partial charge is 0.242 e. The maximum atomic E-state index is 13.8. The second-order valence-electron chi connectivity index (χ2n) is 5.64. The van der Waals surface area contributed by atoms with Crippen LogP contribution < -0.4 is 10.0 Å². The Hall–Kier alpha value is -1.39. The molecule has 0 aliphatic rings. The number of halogens is 4. The number of thioether (sulfide) groups is 1. The summed E-state index contributed by atoms with van der Waals surface area (Å²) in [6.45, 7) is 0. The fourth-order valence-corrected chi connectivity index (χ4v) is 4.69. The van der Waals surface area contributed by atoms with Crippen molar-refractivity contribution in [2.75, 3.05) is 17.3 Å². The van der Waals surface area contributed by atoms with Crippen LogP contribution in [-0.4, -0.2) is 32.4 Å². The van der Waals surface area contributed by atoms with Crippen molar-refractivity contribution in [3.8, 4) is 0 Å². The molecule has 0 fully saturated rings. The van der Waals surface area contributed by atoms with Gasteiger partial charge in [-0.05, 0) is 48.8 Å². The lowest BCUT2D eigenvalue weighted by Crippen LogP contribution is -2.44. The van der Waals surface area contributed by atoms with Gasteiger partial charge in [0.1, 0.15) is 22.6 Å². The van der Waals surface area contributed by atoms with Gasteiger partial charge in [-0.15, -0.1) is 0 Å². The number of benzene rings is 2. The Kier molecular flexibility index (Phi) is 8.08. The molecule has 0 spiro atoms. The fourth-order valence-electron chi connectivity index (χ4n) is 2.22. The minimum Gasteiger partial charge on any atom is -0.322 e. The van der Waals surface area contributed by atoms with Crippen molar-refractivity contribution in [3.05, 3.63) is 58.1 Å². The molecule has 0 aliphatic carbocycles. The van der Waals surface area contributed by atoms with Gasteiger partial charge in [0.2, 0.25) is 15.9 Å². The summed E-state index contributed by atoms with van der Waals surface area (Å²) in [5, 5.41) is 2.36. The molecule has 0 heterocycles. The molecular weight excluding hydrogens is 453 g/mol. The van der Waals surface area contributed by atoms with E-state index in [4.69, 9.17) is 23.2 Å². The van der Waals surface area contributed by atoms with Crippen LogP contribution in [0.2, 0.25) is 10.0 Å². The average Bonchev–Trinajstić information content (AvgIpc) is 2.62. The van der Waals surface area contributed by atoms with Crippen molar-refractivity contribution in [1.82, 2.24) is 4.72 Å². The number of hydrogen-bond donors (Lipinski definition) is 2. The second-order valence-corrected chi connectivity index (χ2v) is 9.16. The summed E-state index contributed by atoms with van der Waals surface area (Å²) in [6.07, 6.45) is 1.92. The Morgan fingerprint density at radius 2 is 1.89 bits per heavy atom. The molecule has 0 radical (unpaired) electrons. The number of carbonyl (C=O) groups is 1. The van der Waals surface area contributed by atoms with Gasteiger partial charge in [-0.25, -0.2) is 17.2 Å². The van der Waals surface area contributed by atoms with E-state index in [2.05, 4.69) is 10.0 Å². The number of rotatable bonds is 8. The molecule has 0 aliphatic heterocycles. The third-order valence-electron chi connectivity index (χ3n) is 3.60. The summed E-state index contributed by atoms with van der Waals surface area (Å²) < 4.78 is 54.5. The van der Waals surface area contributed by atoms with Crippen molar-refractivity contribution >= 4 is 56.6 Å². The normalized spacial score (nSPS) is 12.6. The van der Waals surface area contributed by atoms with Crippen LogP contribution in [0.15, 0.2) is 41.3 Å². The molecular formula is C17H16Cl2F2N2O3S2. The highest BCUT2D eigenvalue weighted by atomic mass is 35.5. The molecule has 1 amide bonds. The topological polar surface area (TPSA) is 75.3 Å². The largest absolute Gasteiger partial charge is 0.322 e. The number of carbonyl (C=O) groups excluding carboxylic acids is 1. The highest BCUT2D eigenvalue weighted by Gasteiger charge is 2.27. The van der Waals surface area contributed by atoms with Crippen molar-refractivity contribution < 1.29 is 22.0 Å². The zero-order chi connectivity index (χ0) is 20.9. The Balaban J connectivity index is 2.27. The van der Waals surface area contributed by atoms with Crippen molar-refractivity contribution in [1.29, 1.82) is 0 Å². The first kappa shape index (κ1) is 22.9. The Bertz CT molecular complexity index is 975. The van der Waals surface area contributed by atoms with Gasteiger partial charge in [-0.3, -0.25) is 4.79 Å². The zero-order valence-electron chi connectivity index (χ0n) is 14.5. The van der Waals surface area contributed by atoms with Gasteiger partial charge >= 0.3 is 0 Å². The second kappa shape index (κ2) is 9.89. The maximum Gasteiger partial charge on any atom is 0.242 e. The lowest BCUT2D eigenvalue weighted by atomic mass is 10.2. The SMILES string of the molecule is CSCCC(NS(=O)(=O)c1cc(Cl)ccc1Cl)C(=O)Nc1ccc(F)cc1F. The quantitative estimate of drug-likeness (QED) is 0.605. The van der Waals surface area contributed by atoms with Gasteiger partial charge < -0.3 is 5.32 Å². The minimum atomic E-state index is -4.19. The maximum absolute atomic E-state index is 13.8. The molecule has 2 aromatic rings. The Morgan fingerprint density at radius 1 is 1.18 bits per heavy atom. The highest BCUT2D eigenvalue weighted by molar-refractivity contribution is 7.98. The zero-order valence-corrected chi connectivity index (χ0v) is 17.7. The molecule has 1 unspecified atom stereocenters. The number of nitrogens with one attached hydrogen (secondary N) is 2. The van der Waals surface area contributed by atoms with Crippen molar-refractivity contribution in [3.63, 3.8) is 0 Å². The van der Waals surface area contributed by atoms with Crippen LogP contribution in [0.3, 0.4) is 0 Å². The summed E-state index contributed by atoms with van der Waals surface area (Å²) in [5.41, 5.74) is -0.263. The molecule has 2 N–H and O–H groups in total. The van der Waals surface area contributed by atoms with E-state index in [1.807, 2.05) is 0 Å². The van der Waals surface area contributed by atoms with E-state index < -0.39 is 33.6 Å². The number of anilines is 1. The Morgan fingerprint density at radius 3 is 2.54 bits per heavy atom. The van der Waals surface area contributed by atoms with Gasteiger partial charge in [0.25, 0.3) is 0 Å². The van der Waals surface area contributed by atoms with Crippen LogP contribution in [-0.2, 0) is 14.8 Å².